The summed E-state index contributed by atoms with van der Waals surface area (Å²) in [7, 11) is 0. The minimum absolute atomic E-state index is 0.204. The van der Waals surface area contributed by atoms with Crippen LogP contribution in [0.2, 0.25) is 5.02 Å². The summed E-state index contributed by atoms with van der Waals surface area (Å²) in [4.78, 5) is 12.1. The SMILES string of the molecule is O=C(Nc1ccccc1Cl)c1ccc2c(c1)NNN2. The Morgan fingerprint density at radius 3 is 2.68 bits per heavy atom. The molecule has 0 spiro atoms. The Balaban J connectivity index is 1.83. The smallest absolute Gasteiger partial charge is 0.255 e. The molecule has 3 rings (SSSR count). The van der Waals surface area contributed by atoms with Gasteiger partial charge in [-0.15, -0.1) is 5.53 Å². The van der Waals surface area contributed by atoms with Crippen molar-refractivity contribution in [1.29, 1.82) is 0 Å². The summed E-state index contributed by atoms with van der Waals surface area (Å²) >= 11 is 6.00. The first-order valence-corrected chi connectivity index (χ1v) is 6.09. The van der Waals surface area contributed by atoms with Gasteiger partial charge in [-0.2, -0.15) is 0 Å². The van der Waals surface area contributed by atoms with E-state index in [1.165, 1.54) is 0 Å². The number of rotatable bonds is 2. The highest BCUT2D eigenvalue weighted by Crippen LogP contribution is 2.26. The van der Waals surface area contributed by atoms with E-state index in [1.54, 1.807) is 24.3 Å². The molecule has 2 aromatic rings. The molecule has 1 aliphatic heterocycles. The Bertz CT molecular complexity index is 644. The maximum absolute atomic E-state index is 12.1. The molecule has 0 bridgehead atoms. The second-order valence-electron chi connectivity index (χ2n) is 4.07. The summed E-state index contributed by atoms with van der Waals surface area (Å²) in [6.45, 7) is 0. The van der Waals surface area contributed by atoms with Gasteiger partial charge in [-0.25, -0.2) is 0 Å². The van der Waals surface area contributed by atoms with Crippen molar-refractivity contribution in [2.45, 2.75) is 0 Å². The average Bonchev–Trinajstić information content (AvgIpc) is 2.88. The van der Waals surface area contributed by atoms with E-state index in [9.17, 15) is 4.79 Å². The largest absolute Gasteiger partial charge is 0.321 e. The van der Waals surface area contributed by atoms with Crippen LogP contribution in [0.4, 0.5) is 17.1 Å². The molecule has 0 unspecified atom stereocenters. The molecule has 96 valence electrons. The fourth-order valence-corrected chi connectivity index (χ4v) is 2.00. The number of benzene rings is 2. The van der Waals surface area contributed by atoms with E-state index in [-0.39, 0.29) is 5.91 Å². The fraction of sp³-hybridized carbons (Fsp3) is 0. The topological polar surface area (TPSA) is 65.2 Å². The molecule has 2 aromatic carbocycles. The number of amides is 1. The zero-order valence-electron chi connectivity index (χ0n) is 9.83. The Hall–Kier alpha value is -2.24. The minimum atomic E-state index is -0.204. The van der Waals surface area contributed by atoms with Crippen molar-refractivity contribution in [3.8, 4) is 0 Å². The Morgan fingerprint density at radius 2 is 1.84 bits per heavy atom. The van der Waals surface area contributed by atoms with Crippen LogP contribution >= 0.6 is 11.6 Å². The molecule has 0 saturated carbocycles. The van der Waals surface area contributed by atoms with E-state index in [0.29, 0.717) is 16.3 Å². The first-order chi connectivity index (χ1) is 9.24. The van der Waals surface area contributed by atoms with Crippen molar-refractivity contribution in [2.24, 2.45) is 0 Å². The summed E-state index contributed by atoms with van der Waals surface area (Å²) in [6.07, 6.45) is 0. The molecule has 0 saturated heterocycles. The number of anilines is 3. The van der Waals surface area contributed by atoms with Crippen molar-refractivity contribution in [3.63, 3.8) is 0 Å². The van der Waals surface area contributed by atoms with E-state index < -0.39 is 0 Å². The van der Waals surface area contributed by atoms with Crippen LogP contribution in [0.15, 0.2) is 42.5 Å². The second-order valence-corrected chi connectivity index (χ2v) is 4.48. The lowest BCUT2D eigenvalue weighted by Crippen LogP contribution is -2.19. The van der Waals surface area contributed by atoms with Gasteiger partial charge in [-0.05, 0) is 30.3 Å². The molecule has 0 atom stereocenters. The molecule has 6 heteroatoms. The van der Waals surface area contributed by atoms with Crippen LogP contribution in [0, 0.1) is 0 Å². The van der Waals surface area contributed by atoms with Gasteiger partial charge in [0.15, 0.2) is 0 Å². The highest BCUT2D eigenvalue weighted by atomic mass is 35.5. The fourth-order valence-electron chi connectivity index (χ4n) is 1.82. The highest BCUT2D eigenvalue weighted by molar-refractivity contribution is 6.33. The zero-order chi connectivity index (χ0) is 13.2. The van der Waals surface area contributed by atoms with Crippen LogP contribution in [0.3, 0.4) is 0 Å². The zero-order valence-corrected chi connectivity index (χ0v) is 10.6. The van der Waals surface area contributed by atoms with Crippen molar-refractivity contribution in [2.75, 3.05) is 16.2 Å². The number of carbonyl (C=O) groups excluding carboxylic acids is 1. The van der Waals surface area contributed by atoms with Crippen LogP contribution < -0.4 is 21.7 Å². The van der Waals surface area contributed by atoms with Crippen molar-refractivity contribution in [1.82, 2.24) is 5.53 Å². The van der Waals surface area contributed by atoms with E-state index in [1.807, 2.05) is 18.2 Å². The predicted octanol–water partition coefficient (Wildman–Crippen LogP) is 2.85. The third kappa shape index (κ3) is 2.33. The minimum Gasteiger partial charge on any atom is -0.321 e. The maximum Gasteiger partial charge on any atom is 0.255 e. The van der Waals surface area contributed by atoms with Gasteiger partial charge in [0.05, 0.1) is 22.1 Å². The van der Waals surface area contributed by atoms with Crippen molar-refractivity contribution < 1.29 is 4.79 Å². The average molecular weight is 275 g/mol. The number of halogens is 1. The number of hydrogen-bond donors (Lipinski definition) is 4. The van der Waals surface area contributed by atoms with E-state index in [4.69, 9.17) is 11.6 Å². The molecule has 0 fully saturated rings. The van der Waals surface area contributed by atoms with Crippen LogP contribution in [-0.4, -0.2) is 5.91 Å². The van der Waals surface area contributed by atoms with E-state index in [2.05, 4.69) is 21.7 Å². The normalized spacial score (nSPS) is 12.3. The number of hydrazine groups is 2. The van der Waals surface area contributed by atoms with Crippen molar-refractivity contribution in [3.05, 3.63) is 53.1 Å². The second kappa shape index (κ2) is 4.79. The molecule has 0 aromatic heterocycles. The summed E-state index contributed by atoms with van der Waals surface area (Å²) in [5, 5.41) is 3.29. The van der Waals surface area contributed by atoms with Gasteiger partial charge < -0.3 is 16.2 Å². The summed E-state index contributed by atoms with van der Waals surface area (Å²) in [5.41, 5.74) is 11.4. The monoisotopic (exact) mass is 274 g/mol. The van der Waals surface area contributed by atoms with Gasteiger partial charge in [0.25, 0.3) is 5.91 Å². The first-order valence-electron chi connectivity index (χ1n) is 5.71. The van der Waals surface area contributed by atoms with Gasteiger partial charge in [-0.1, -0.05) is 23.7 Å². The summed E-state index contributed by atoms with van der Waals surface area (Å²) < 4.78 is 0. The summed E-state index contributed by atoms with van der Waals surface area (Å²) in [5.74, 6) is -0.204. The van der Waals surface area contributed by atoms with Crippen LogP contribution in [-0.2, 0) is 0 Å². The summed E-state index contributed by atoms with van der Waals surface area (Å²) in [6, 6.07) is 12.4. The molecule has 1 aliphatic rings. The predicted molar refractivity (Wildman–Crippen MR) is 76.2 cm³/mol. The molecule has 5 nitrogen and oxygen atoms in total. The molecular weight excluding hydrogens is 264 g/mol. The number of carbonyl (C=O) groups is 1. The highest BCUT2D eigenvalue weighted by Gasteiger charge is 2.13. The van der Waals surface area contributed by atoms with Crippen molar-refractivity contribution >= 4 is 34.6 Å². The van der Waals surface area contributed by atoms with Gasteiger partial charge in [0.1, 0.15) is 0 Å². The third-order valence-corrected chi connectivity index (χ3v) is 3.13. The third-order valence-electron chi connectivity index (χ3n) is 2.80. The van der Waals surface area contributed by atoms with Gasteiger partial charge in [0.2, 0.25) is 0 Å². The lowest BCUT2D eigenvalue weighted by atomic mass is 10.1. The standard InChI is InChI=1S/C13H11ClN4O/c14-9-3-1-2-4-10(9)15-13(19)8-5-6-11-12(7-8)17-18-16-11/h1-7,16-18H,(H,15,19). The first kappa shape index (κ1) is 11.8. The molecule has 0 radical (unpaired) electrons. The number of fused-ring (bicyclic) bond motifs is 1. The van der Waals surface area contributed by atoms with Crippen LogP contribution in [0.5, 0.6) is 0 Å². The molecular formula is C13H11ClN4O. The van der Waals surface area contributed by atoms with Crippen LogP contribution in [0.1, 0.15) is 10.4 Å². The molecule has 19 heavy (non-hydrogen) atoms. The van der Waals surface area contributed by atoms with E-state index in [0.717, 1.165) is 11.4 Å². The molecule has 0 aliphatic carbocycles. The maximum atomic E-state index is 12.1. The van der Waals surface area contributed by atoms with Crippen LogP contribution in [0.25, 0.3) is 0 Å². The van der Waals surface area contributed by atoms with Gasteiger partial charge >= 0.3 is 0 Å². The molecule has 1 heterocycles. The quantitative estimate of drug-likeness (QED) is 0.680. The van der Waals surface area contributed by atoms with Gasteiger partial charge in [-0.3, -0.25) is 4.79 Å². The molecule has 1 amide bonds. The lowest BCUT2D eigenvalue weighted by molar-refractivity contribution is 0.102. The van der Waals surface area contributed by atoms with E-state index >= 15 is 0 Å². The Labute approximate surface area is 114 Å². The number of para-hydroxylation sites is 1. The Morgan fingerprint density at radius 1 is 1.05 bits per heavy atom. The number of nitrogens with one attached hydrogen (secondary N) is 4. The number of hydrogen-bond acceptors (Lipinski definition) is 4. The van der Waals surface area contributed by atoms with Gasteiger partial charge in [0, 0.05) is 5.56 Å². The molecule has 4 N–H and O–H groups in total. The lowest BCUT2D eigenvalue weighted by Gasteiger charge is -2.07. The Kier molecular flexibility index (Phi) is 2.98.